The van der Waals surface area contributed by atoms with Crippen molar-refractivity contribution >= 4 is 51.2 Å². The van der Waals surface area contributed by atoms with Gasteiger partial charge in [0.2, 0.25) is 0 Å². The highest BCUT2D eigenvalue weighted by molar-refractivity contribution is 6.01. The first-order valence-corrected chi connectivity index (χ1v) is 25.4. The third-order valence-corrected chi connectivity index (χ3v) is 15.8. The van der Waals surface area contributed by atoms with Crippen molar-refractivity contribution in [3.63, 3.8) is 0 Å². The SMILES string of the molecule is CC1(C)c2ccccc2-c2ccc(N(c3ccccc3)c3cc4c(cc3-c3ccc(N(c5ccccc5)c5ccccc5)cc3)C3(c5ccccc5-c5ccccc53)c3ccccc3N4c3ccccc3)cc21. The largest absolute Gasteiger partial charge is 0.311 e. The van der Waals surface area contributed by atoms with Gasteiger partial charge in [-0.2, -0.15) is 0 Å². The molecule has 0 aromatic heterocycles. The zero-order valence-electron chi connectivity index (χ0n) is 40.8. The second kappa shape index (κ2) is 16.7. The second-order valence-electron chi connectivity index (χ2n) is 20.0. The van der Waals surface area contributed by atoms with Crippen molar-refractivity contribution < 1.29 is 0 Å². The van der Waals surface area contributed by atoms with E-state index < -0.39 is 5.41 Å². The number of para-hydroxylation sites is 5. The van der Waals surface area contributed by atoms with Gasteiger partial charge < -0.3 is 14.7 Å². The van der Waals surface area contributed by atoms with Gasteiger partial charge in [0.25, 0.3) is 0 Å². The molecule has 0 atom stereocenters. The average Bonchev–Trinajstić information content (AvgIpc) is 3.88. The molecule has 14 rings (SSSR count). The molecular formula is C70H51N3. The van der Waals surface area contributed by atoms with Gasteiger partial charge in [-0.15, -0.1) is 0 Å². The molecule has 0 unspecified atom stereocenters. The van der Waals surface area contributed by atoms with Crippen LogP contribution in [0.1, 0.15) is 47.2 Å². The normalized spacial score (nSPS) is 13.8. The van der Waals surface area contributed by atoms with Crippen LogP contribution in [-0.4, -0.2) is 0 Å². The third-order valence-electron chi connectivity index (χ3n) is 15.8. The minimum atomic E-state index is -0.629. The minimum Gasteiger partial charge on any atom is -0.311 e. The van der Waals surface area contributed by atoms with Crippen molar-refractivity contribution in [2.24, 2.45) is 0 Å². The summed E-state index contributed by atoms with van der Waals surface area (Å²) >= 11 is 0. The number of anilines is 9. The van der Waals surface area contributed by atoms with Crippen LogP contribution in [0.3, 0.4) is 0 Å². The molecule has 2 aliphatic carbocycles. The molecule has 3 aliphatic rings. The Hall–Kier alpha value is -9.18. The maximum absolute atomic E-state index is 2.56. The molecule has 11 aromatic carbocycles. The highest BCUT2D eigenvalue weighted by Crippen LogP contribution is 2.65. The van der Waals surface area contributed by atoms with E-state index in [1.54, 1.807) is 0 Å². The summed E-state index contributed by atoms with van der Waals surface area (Å²) < 4.78 is 0. The maximum atomic E-state index is 2.56. The summed E-state index contributed by atoms with van der Waals surface area (Å²) in [5.41, 5.74) is 24.4. The summed E-state index contributed by atoms with van der Waals surface area (Å²) in [5.74, 6) is 0. The fourth-order valence-electron chi connectivity index (χ4n) is 12.6. The molecule has 1 aliphatic heterocycles. The van der Waals surface area contributed by atoms with Crippen LogP contribution in [-0.2, 0) is 10.8 Å². The van der Waals surface area contributed by atoms with Gasteiger partial charge >= 0.3 is 0 Å². The molecule has 0 fully saturated rings. The maximum Gasteiger partial charge on any atom is 0.0754 e. The standard InChI is InChI=1S/C70H51N3/c1-69(2)60-34-18-15-31-55(60)58-44-43-54(45-64(58)69)72(51-27-11-5-12-28-51)67-47-68-65(46-59(67)48-39-41-53(42-40-48)71(49-23-7-3-8-24-49)50-25-9-4-10-26-50)70(61-35-19-16-32-56(61)57-33-17-20-36-62(57)70)63-37-21-22-38-66(63)73(68)52-29-13-6-14-30-52/h3-47H,1-2H3. The highest BCUT2D eigenvalue weighted by Gasteiger charge is 2.52. The van der Waals surface area contributed by atoms with Crippen LogP contribution >= 0.6 is 0 Å². The van der Waals surface area contributed by atoms with E-state index in [2.05, 4.69) is 302 Å². The Morgan fingerprint density at radius 1 is 0.288 bits per heavy atom. The molecule has 1 spiro atoms. The smallest absolute Gasteiger partial charge is 0.0754 e. The van der Waals surface area contributed by atoms with Crippen molar-refractivity contribution in [1.82, 2.24) is 0 Å². The van der Waals surface area contributed by atoms with E-state index in [-0.39, 0.29) is 5.41 Å². The first kappa shape index (κ1) is 42.7. The molecule has 0 saturated heterocycles. The second-order valence-corrected chi connectivity index (χ2v) is 20.0. The third kappa shape index (κ3) is 6.45. The predicted octanol–water partition coefficient (Wildman–Crippen LogP) is 18.7. The van der Waals surface area contributed by atoms with Crippen LogP contribution in [0.15, 0.2) is 273 Å². The Labute approximate surface area is 428 Å². The zero-order chi connectivity index (χ0) is 48.7. The van der Waals surface area contributed by atoms with Gasteiger partial charge in [-0.05, 0) is 152 Å². The van der Waals surface area contributed by atoms with Gasteiger partial charge in [0.1, 0.15) is 0 Å². The fraction of sp³-hybridized carbons (Fsp3) is 0.0571. The lowest BCUT2D eigenvalue weighted by atomic mass is 9.64. The van der Waals surface area contributed by atoms with Crippen molar-refractivity contribution in [2.75, 3.05) is 14.7 Å². The molecule has 0 saturated carbocycles. The van der Waals surface area contributed by atoms with Gasteiger partial charge in [-0.25, -0.2) is 0 Å². The fourth-order valence-corrected chi connectivity index (χ4v) is 12.6. The first-order chi connectivity index (χ1) is 36.0. The lowest BCUT2D eigenvalue weighted by Gasteiger charge is -2.46. The van der Waals surface area contributed by atoms with E-state index in [1.807, 2.05) is 0 Å². The Morgan fingerprint density at radius 2 is 0.726 bits per heavy atom. The predicted molar refractivity (Wildman–Crippen MR) is 304 cm³/mol. The minimum absolute atomic E-state index is 0.189. The van der Waals surface area contributed by atoms with Crippen LogP contribution in [0.2, 0.25) is 0 Å². The first-order valence-electron chi connectivity index (χ1n) is 25.4. The number of hydrogen-bond donors (Lipinski definition) is 0. The molecule has 3 nitrogen and oxygen atoms in total. The number of rotatable bonds is 8. The molecule has 1 heterocycles. The monoisotopic (exact) mass is 933 g/mol. The number of benzene rings is 11. The van der Waals surface area contributed by atoms with Crippen LogP contribution < -0.4 is 14.7 Å². The van der Waals surface area contributed by atoms with Crippen LogP contribution in [0.25, 0.3) is 33.4 Å². The summed E-state index contributed by atoms with van der Waals surface area (Å²) in [7, 11) is 0. The van der Waals surface area contributed by atoms with Gasteiger partial charge in [-0.3, -0.25) is 0 Å². The Bertz CT molecular complexity index is 3800. The molecule has 11 aromatic rings. The quantitative estimate of drug-likeness (QED) is 0.150. The molecule has 346 valence electrons. The molecule has 0 amide bonds. The van der Waals surface area contributed by atoms with Crippen molar-refractivity contribution in [1.29, 1.82) is 0 Å². The molecule has 3 heteroatoms. The average molecular weight is 934 g/mol. The van der Waals surface area contributed by atoms with Crippen molar-refractivity contribution in [2.45, 2.75) is 24.7 Å². The van der Waals surface area contributed by atoms with Crippen LogP contribution in [0, 0.1) is 0 Å². The topological polar surface area (TPSA) is 9.72 Å². The summed E-state index contributed by atoms with van der Waals surface area (Å²) in [6.07, 6.45) is 0. The van der Waals surface area contributed by atoms with E-state index in [1.165, 1.54) is 61.3 Å². The molecule has 0 bridgehead atoms. The van der Waals surface area contributed by atoms with Crippen LogP contribution in [0.4, 0.5) is 51.2 Å². The van der Waals surface area contributed by atoms with Crippen molar-refractivity contribution in [3.8, 4) is 33.4 Å². The van der Waals surface area contributed by atoms with E-state index in [0.29, 0.717) is 0 Å². The van der Waals surface area contributed by atoms with E-state index in [0.717, 1.165) is 56.6 Å². The number of nitrogens with zero attached hydrogens (tertiary/aromatic N) is 3. The molecular weight excluding hydrogens is 883 g/mol. The number of fused-ring (bicyclic) bond motifs is 12. The van der Waals surface area contributed by atoms with E-state index in [4.69, 9.17) is 0 Å². The summed E-state index contributed by atoms with van der Waals surface area (Å²) in [6, 6.07) is 101. The zero-order valence-corrected chi connectivity index (χ0v) is 40.8. The molecule has 0 radical (unpaired) electrons. The van der Waals surface area contributed by atoms with Gasteiger partial charge in [-0.1, -0.05) is 196 Å². The van der Waals surface area contributed by atoms with Gasteiger partial charge in [0.15, 0.2) is 0 Å². The molecule has 0 N–H and O–H groups in total. The Morgan fingerprint density at radius 3 is 1.32 bits per heavy atom. The summed E-state index contributed by atoms with van der Waals surface area (Å²) in [5, 5.41) is 0. The summed E-state index contributed by atoms with van der Waals surface area (Å²) in [4.78, 5) is 7.36. The lowest BCUT2D eigenvalue weighted by Crippen LogP contribution is -2.36. The van der Waals surface area contributed by atoms with Crippen LogP contribution in [0.5, 0.6) is 0 Å². The Kier molecular flexibility index (Phi) is 9.78. The van der Waals surface area contributed by atoms with E-state index in [9.17, 15) is 0 Å². The highest BCUT2D eigenvalue weighted by atomic mass is 15.2. The van der Waals surface area contributed by atoms with Crippen molar-refractivity contribution in [3.05, 3.63) is 306 Å². The number of hydrogen-bond acceptors (Lipinski definition) is 3. The molecule has 73 heavy (non-hydrogen) atoms. The summed E-state index contributed by atoms with van der Waals surface area (Å²) in [6.45, 7) is 4.75. The van der Waals surface area contributed by atoms with Gasteiger partial charge in [0.05, 0.1) is 22.5 Å². The lowest BCUT2D eigenvalue weighted by molar-refractivity contribution is 0.660. The Balaban J connectivity index is 1.09. The van der Waals surface area contributed by atoms with E-state index >= 15 is 0 Å². The van der Waals surface area contributed by atoms with Gasteiger partial charge in [0, 0.05) is 45.1 Å².